The van der Waals surface area contributed by atoms with Crippen molar-refractivity contribution in [3.63, 3.8) is 0 Å². The van der Waals surface area contributed by atoms with E-state index < -0.39 is 0 Å². The first-order valence-electron chi connectivity index (χ1n) is 19.4. The molecule has 0 saturated heterocycles. The van der Waals surface area contributed by atoms with E-state index in [9.17, 15) is 0 Å². The predicted octanol–water partition coefficient (Wildman–Crippen LogP) is 14.9. The van der Waals surface area contributed by atoms with E-state index >= 15 is 0 Å². The van der Waals surface area contributed by atoms with Gasteiger partial charge in [-0.2, -0.15) is 0 Å². The molecule has 0 nitrogen and oxygen atoms in total. The summed E-state index contributed by atoms with van der Waals surface area (Å²) in [5.41, 5.74) is 19.1. The van der Waals surface area contributed by atoms with E-state index in [0.717, 1.165) is 0 Å². The summed E-state index contributed by atoms with van der Waals surface area (Å²) in [6, 6.07) is 55.1. The number of fused-ring (bicyclic) bond motifs is 11. The fraction of sp³-hybridized carbons (Fsp3) is 0.148. The smallest absolute Gasteiger partial charge is 0.0162 e. The van der Waals surface area contributed by atoms with Crippen molar-refractivity contribution in [2.45, 2.75) is 52.4 Å². The van der Waals surface area contributed by atoms with E-state index in [1.807, 2.05) is 0 Å². The Morgan fingerprint density at radius 3 is 0.981 bits per heavy atom. The van der Waals surface area contributed by atoms with Crippen LogP contribution in [0.15, 0.2) is 146 Å². The lowest BCUT2D eigenvalue weighted by atomic mass is 9.72. The molecule has 0 N–H and O–H groups in total. The topological polar surface area (TPSA) is 0 Å². The standard InChI is InChI=1S/C54H42/c1-31-25-37(49-39-19-11-7-15-33(39)27-34-16-8-12-20-40(34)49)29-45-47(31)43-23-24-44-48-32(2)26-38(30-46(48)54(5,6)52(44)51(43)53(45,3)4)50-41-21-13-9-17-35(41)28-36-18-10-14-22-42(36)50/h7-30H,1-6H3. The van der Waals surface area contributed by atoms with E-state index in [4.69, 9.17) is 0 Å². The molecule has 0 aromatic heterocycles. The zero-order chi connectivity index (χ0) is 36.7. The molecule has 0 radical (unpaired) electrons. The van der Waals surface area contributed by atoms with Crippen LogP contribution in [0.2, 0.25) is 0 Å². The number of benzene rings is 9. The molecule has 0 fully saturated rings. The van der Waals surface area contributed by atoms with Gasteiger partial charge in [-0.05, 0) is 159 Å². The van der Waals surface area contributed by atoms with Gasteiger partial charge in [-0.15, -0.1) is 0 Å². The highest BCUT2D eigenvalue weighted by atomic mass is 14.5. The summed E-state index contributed by atoms with van der Waals surface area (Å²) < 4.78 is 0. The van der Waals surface area contributed by atoms with E-state index in [1.165, 1.54) is 121 Å². The molecular formula is C54H42. The Morgan fingerprint density at radius 1 is 0.333 bits per heavy atom. The van der Waals surface area contributed by atoms with Gasteiger partial charge < -0.3 is 0 Å². The van der Waals surface area contributed by atoms with Gasteiger partial charge in [0, 0.05) is 10.8 Å². The first-order chi connectivity index (χ1) is 26.1. The van der Waals surface area contributed by atoms with Gasteiger partial charge in [0.25, 0.3) is 0 Å². The summed E-state index contributed by atoms with van der Waals surface area (Å²) in [6.45, 7) is 14.6. The summed E-state index contributed by atoms with van der Waals surface area (Å²) >= 11 is 0. The highest BCUT2D eigenvalue weighted by molar-refractivity contribution is 6.14. The zero-order valence-corrected chi connectivity index (χ0v) is 31.9. The maximum atomic E-state index is 2.53. The molecule has 0 bridgehead atoms. The molecule has 0 unspecified atom stereocenters. The monoisotopic (exact) mass is 690 g/mol. The third-order valence-corrected chi connectivity index (χ3v) is 13.1. The zero-order valence-electron chi connectivity index (χ0n) is 31.9. The Kier molecular flexibility index (Phi) is 6.31. The van der Waals surface area contributed by atoms with Crippen LogP contribution in [0.5, 0.6) is 0 Å². The molecule has 0 heterocycles. The first kappa shape index (κ1) is 31.5. The Labute approximate surface area is 317 Å². The summed E-state index contributed by atoms with van der Waals surface area (Å²) in [5.74, 6) is 0. The van der Waals surface area contributed by atoms with Crippen molar-refractivity contribution in [1.82, 2.24) is 0 Å². The minimum Gasteiger partial charge on any atom is -0.0616 e. The second kappa shape index (κ2) is 10.8. The molecule has 0 saturated carbocycles. The Hall–Kier alpha value is -5.98. The third kappa shape index (κ3) is 4.09. The van der Waals surface area contributed by atoms with Gasteiger partial charge in [0.1, 0.15) is 0 Å². The van der Waals surface area contributed by atoms with E-state index in [2.05, 4.69) is 187 Å². The van der Waals surface area contributed by atoms with Gasteiger partial charge in [-0.3, -0.25) is 0 Å². The molecule has 9 aromatic rings. The van der Waals surface area contributed by atoms with Crippen molar-refractivity contribution in [3.8, 4) is 44.5 Å². The molecule has 54 heavy (non-hydrogen) atoms. The van der Waals surface area contributed by atoms with Gasteiger partial charge in [0.05, 0.1) is 0 Å². The molecule has 0 atom stereocenters. The molecule has 0 spiro atoms. The lowest BCUT2D eigenvalue weighted by molar-refractivity contribution is 0.601. The van der Waals surface area contributed by atoms with Crippen molar-refractivity contribution >= 4 is 43.1 Å². The summed E-state index contributed by atoms with van der Waals surface area (Å²) in [6.07, 6.45) is 0. The van der Waals surface area contributed by atoms with Crippen LogP contribution < -0.4 is 0 Å². The predicted molar refractivity (Wildman–Crippen MR) is 232 cm³/mol. The van der Waals surface area contributed by atoms with Crippen LogP contribution >= 0.6 is 0 Å². The van der Waals surface area contributed by atoms with E-state index in [-0.39, 0.29) is 10.8 Å². The van der Waals surface area contributed by atoms with Crippen LogP contribution in [0, 0.1) is 13.8 Å². The number of aryl methyl sites for hydroxylation is 2. The maximum absolute atomic E-state index is 2.53. The van der Waals surface area contributed by atoms with Crippen molar-refractivity contribution in [2.75, 3.05) is 0 Å². The lowest BCUT2D eigenvalue weighted by Gasteiger charge is -2.31. The fourth-order valence-corrected chi connectivity index (χ4v) is 10.8. The molecule has 2 aliphatic rings. The van der Waals surface area contributed by atoms with Crippen molar-refractivity contribution in [1.29, 1.82) is 0 Å². The Bertz CT molecular complexity index is 2790. The van der Waals surface area contributed by atoms with E-state index in [0.29, 0.717) is 0 Å². The van der Waals surface area contributed by atoms with Crippen LogP contribution in [0.3, 0.4) is 0 Å². The van der Waals surface area contributed by atoms with Gasteiger partial charge in [0.2, 0.25) is 0 Å². The lowest BCUT2D eigenvalue weighted by Crippen LogP contribution is -2.24. The highest BCUT2D eigenvalue weighted by Crippen LogP contribution is 2.61. The number of rotatable bonds is 2. The van der Waals surface area contributed by atoms with Crippen LogP contribution in [-0.4, -0.2) is 0 Å². The number of hydrogen-bond donors (Lipinski definition) is 0. The quantitative estimate of drug-likeness (QED) is 0.158. The van der Waals surface area contributed by atoms with Crippen molar-refractivity contribution in [2.24, 2.45) is 0 Å². The van der Waals surface area contributed by atoms with Gasteiger partial charge in [-0.1, -0.05) is 149 Å². The summed E-state index contributed by atoms with van der Waals surface area (Å²) in [5, 5.41) is 10.4. The van der Waals surface area contributed by atoms with E-state index in [1.54, 1.807) is 0 Å². The maximum Gasteiger partial charge on any atom is 0.0162 e. The Morgan fingerprint density at radius 2 is 0.648 bits per heavy atom. The normalized spacial score (nSPS) is 14.8. The first-order valence-corrected chi connectivity index (χ1v) is 19.4. The average molecular weight is 691 g/mol. The molecular weight excluding hydrogens is 649 g/mol. The van der Waals surface area contributed by atoms with Crippen LogP contribution in [0.1, 0.15) is 61.1 Å². The highest BCUT2D eigenvalue weighted by Gasteiger charge is 2.47. The molecule has 9 aromatic carbocycles. The third-order valence-electron chi connectivity index (χ3n) is 13.1. The molecule has 0 heteroatoms. The van der Waals surface area contributed by atoms with Gasteiger partial charge in [-0.25, -0.2) is 0 Å². The van der Waals surface area contributed by atoms with Crippen molar-refractivity contribution in [3.05, 3.63) is 179 Å². The molecule has 11 rings (SSSR count). The summed E-state index contributed by atoms with van der Waals surface area (Å²) in [7, 11) is 0. The van der Waals surface area contributed by atoms with Crippen LogP contribution in [-0.2, 0) is 10.8 Å². The molecule has 0 aliphatic heterocycles. The fourth-order valence-electron chi connectivity index (χ4n) is 10.8. The molecule has 2 aliphatic carbocycles. The Balaban J connectivity index is 1.12. The molecule has 258 valence electrons. The van der Waals surface area contributed by atoms with Gasteiger partial charge in [0.15, 0.2) is 0 Å². The number of hydrogen-bond acceptors (Lipinski definition) is 0. The minimum atomic E-state index is -0.181. The largest absolute Gasteiger partial charge is 0.0616 e. The second-order valence-electron chi connectivity index (χ2n) is 17.0. The second-order valence-corrected chi connectivity index (χ2v) is 17.0. The van der Waals surface area contributed by atoms with Gasteiger partial charge >= 0.3 is 0 Å². The average Bonchev–Trinajstić information content (AvgIpc) is 3.55. The minimum absolute atomic E-state index is 0.181. The van der Waals surface area contributed by atoms with Crippen LogP contribution in [0.25, 0.3) is 87.6 Å². The van der Waals surface area contributed by atoms with Crippen LogP contribution in [0.4, 0.5) is 0 Å². The SMILES string of the molecule is Cc1cc(-c2c3ccccc3cc3ccccc23)cc2c1-c1ccc3c(c1C2(C)C)C(C)(C)c1cc(-c2c4ccccc4cc4ccccc24)cc(C)c1-3. The van der Waals surface area contributed by atoms with Crippen molar-refractivity contribution < 1.29 is 0 Å². The summed E-state index contributed by atoms with van der Waals surface area (Å²) in [4.78, 5) is 0. The molecule has 0 amide bonds.